The fourth-order valence-corrected chi connectivity index (χ4v) is 2.93. The van der Waals surface area contributed by atoms with Gasteiger partial charge in [0.25, 0.3) is 5.91 Å². The van der Waals surface area contributed by atoms with Crippen molar-refractivity contribution >= 4 is 23.2 Å². The molecule has 1 aromatic carbocycles. The molecule has 0 saturated carbocycles. The van der Waals surface area contributed by atoms with Crippen LogP contribution in [0.3, 0.4) is 0 Å². The van der Waals surface area contributed by atoms with Crippen LogP contribution in [-0.4, -0.2) is 17.4 Å². The van der Waals surface area contributed by atoms with E-state index in [1.54, 1.807) is 35.4 Å². The number of fused-ring (bicyclic) bond motifs is 1. The van der Waals surface area contributed by atoms with Gasteiger partial charge >= 0.3 is 0 Å². The Morgan fingerprint density at radius 3 is 2.95 bits per heavy atom. The first-order valence-electron chi connectivity index (χ1n) is 7.38. The highest BCUT2D eigenvalue weighted by atomic mass is 35.5. The van der Waals surface area contributed by atoms with E-state index >= 15 is 0 Å². The maximum atomic E-state index is 12.7. The number of amides is 1. The molecule has 1 amide bonds. The molecule has 0 radical (unpaired) electrons. The van der Waals surface area contributed by atoms with E-state index in [1.165, 1.54) is 0 Å². The highest BCUT2D eigenvalue weighted by Crippen LogP contribution is 2.29. The number of rotatable bonds is 2. The van der Waals surface area contributed by atoms with Crippen molar-refractivity contribution in [1.29, 1.82) is 0 Å². The first-order valence-corrected chi connectivity index (χ1v) is 7.76. The average molecular weight is 316 g/mol. The lowest BCUT2D eigenvalue weighted by atomic mass is 10.0. The predicted octanol–water partition coefficient (Wildman–Crippen LogP) is 3.35. The van der Waals surface area contributed by atoms with Crippen LogP contribution in [0.2, 0.25) is 5.02 Å². The maximum Gasteiger partial charge on any atom is 0.258 e. The standard InChI is InChI=1S/C17H18ClN3O/c1-11(19)15-9-12-5-3-7-21(16(12)10-20-15)17(22)13-4-2-6-14(18)8-13/h2,4,6,8-11H,3,5,7,19H2,1H3. The van der Waals surface area contributed by atoms with Gasteiger partial charge in [0.1, 0.15) is 0 Å². The highest BCUT2D eigenvalue weighted by Gasteiger charge is 2.24. The van der Waals surface area contributed by atoms with Gasteiger partial charge in [0.15, 0.2) is 0 Å². The summed E-state index contributed by atoms with van der Waals surface area (Å²) in [5.41, 5.74) is 9.35. The normalized spacial score (nSPS) is 15.3. The van der Waals surface area contributed by atoms with E-state index in [0.29, 0.717) is 17.1 Å². The van der Waals surface area contributed by atoms with Crippen LogP contribution in [0.4, 0.5) is 5.69 Å². The molecule has 2 heterocycles. The van der Waals surface area contributed by atoms with E-state index in [1.807, 2.05) is 13.0 Å². The Kier molecular flexibility index (Phi) is 4.14. The third-order valence-corrected chi connectivity index (χ3v) is 4.12. The molecular formula is C17H18ClN3O. The fourth-order valence-electron chi connectivity index (χ4n) is 2.74. The van der Waals surface area contributed by atoms with Crippen LogP contribution in [0.15, 0.2) is 36.5 Å². The van der Waals surface area contributed by atoms with E-state index in [0.717, 1.165) is 29.8 Å². The smallest absolute Gasteiger partial charge is 0.258 e. The Morgan fingerprint density at radius 1 is 1.41 bits per heavy atom. The van der Waals surface area contributed by atoms with Crippen LogP contribution in [0, 0.1) is 0 Å². The second kappa shape index (κ2) is 6.07. The Bertz CT molecular complexity index is 715. The Morgan fingerprint density at radius 2 is 2.23 bits per heavy atom. The molecule has 22 heavy (non-hydrogen) atoms. The number of carbonyl (C=O) groups excluding carboxylic acids is 1. The Labute approximate surface area is 134 Å². The van der Waals surface area contributed by atoms with Crippen molar-refractivity contribution in [2.24, 2.45) is 5.73 Å². The molecule has 4 nitrogen and oxygen atoms in total. The molecule has 2 aromatic rings. The summed E-state index contributed by atoms with van der Waals surface area (Å²) in [4.78, 5) is 18.9. The number of nitrogens with two attached hydrogens (primary N) is 1. The van der Waals surface area contributed by atoms with Gasteiger partial charge in [0.05, 0.1) is 17.6 Å². The predicted molar refractivity (Wildman–Crippen MR) is 88.3 cm³/mol. The minimum Gasteiger partial charge on any atom is -0.323 e. The number of benzene rings is 1. The second-order valence-electron chi connectivity index (χ2n) is 5.60. The van der Waals surface area contributed by atoms with Crippen molar-refractivity contribution in [3.8, 4) is 0 Å². The van der Waals surface area contributed by atoms with E-state index in [-0.39, 0.29) is 11.9 Å². The number of aromatic nitrogens is 1. The largest absolute Gasteiger partial charge is 0.323 e. The zero-order valence-corrected chi connectivity index (χ0v) is 13.2. The van der Waals surface area contributed by atoms with Crippen molar-refractivity contribution in [3.63, 3.8) is 0 Å². The zero-order chi connectivity index (χ0) is 15.7. The average Bonchev–Trinajstić information content (AvgIpc) is 2.53. The molecule has 1 aliphatic rings. The van der Waals surface area contributed by atoms with Gasteiger partial charge in [-0.2, -0.15) is 0 Å². The summed E-state index contributed by atoms with van der Waals surface area (Å²) in [5.74, 6) is -0.0428. The minimum absolute atomic E-state index is 0.0428. The van der Waals surface area contributed by atoms with Gasteiger partial charge in [-0.1, -0.05) is 17.7 Å². The summed E-state index contributed by atoms with van der Waals surface area (Å²) in [6, 6.07) is 8.94. The third kappa shape index (κ3) is 2.85. The van der Waals surface area contributed by atoms with Crippen molar-refractivity contribution < 1.29 is 4.79 Å². The summed E-state index contributed by atoms with van der Waals surface area (Å²) in [6.07, 6.45) is 3.63. The van der Waals surface area contributed by atoms with Crippen molar-refractivity contribution in [3.05, 3.63) is 58.4 Å². The quantitative estimate of drug-likeness (QED) is 0.924. The van der Waals surface area contributed by atoms with Crippen LogP contribution in [0.25, 0.3) is 0 Å². The SMILES string of the molecule is CC(N)c1cc2c(cn1)N(C(=O)c1cccc(Cl)c1)CCC2. The Hall–Kier alpha value is -1.91. The topological polar surface area (TPSA) is 59.2 Å². The molecule has 1 atom stereocenters. The molecule has 1 unspecified atom stereocenters. The molecule has 1 aliphatic heterocycles. The summed E-state index contributed by atoms with van der Waals surface area (Å²) in [7, 11) is 0. The monoisotopic (exact) mass is 315 g/mol. The van der Waals surface area contributed by atoms with Gasteiger partial charge in [-0.15, -0.1) is 0 Å². The summed E-state index contributed by atoms with van der Waals surface area (Å²) < 4.78 is 0. The van der Waals surface area contributed by atoms with Crippen LogP contribution in [-0.2, 0) is 6.42 Å². The summed E-state index contributed by atoms with van der Waals surface area (Å²) >= 11 is 5.99. The number of halogens is 1. The lowest BCUT2D eigenvalue weighted by Crippen LogP contribution is -2.35. The first-order chi connectivity index (χ1) is 10.6. The highest BCUT2D eigenvalue weighted by molar-refractivity contribution is 6.31. The van der Waals surface area contributed by atoms with E-state index in [2.05, 4.69) is 4.98 Å². The number of hydrogen-bond donors (Lipinski definition) is 1. The molecule has 3 rings (SSSR count). The van der Waals surface area contributed by atoms with Crippen LogP contribution >= 0.6 is 11.6 Å². The molecular weight excluding hydrogens is 298 g/mol. The first kappa shape index (κ1) is 15.0. The zero-order valence-electron chi connectivity index (χ0n) is 12.4. The molecule has 5 heteroatoms. The van der Waals surface area contributed by atoms with Gasteiger partial charge in [-0.05, 0) is 49.6 Å². The van der Waals surface area contributed by atoms with Gasteiger partial charge in [0.2, 0.25) is 0 Å². The second-order valence-corrected chi connectivity index (χ2v) is 6.03. The van der Waals surface area contributed by atoms with E-state index in [9.17, 15) is 4.79 Å². The summed E-state index contributed by atoms with van der Waals surface area (Å²) in [6.45, 7) is 2.60. The molecule has 0 fully saturated rings. The van der Waals surface area contributed by atoms with Crippen LogP contribution in [0.5, 0.6) is 0 Å². The van der Waals surface area contributed by atoms with Crippen molar-refractivity contribution in [2.45, 2.75) is 25.8 Å². The van der Waals surface area contributed by atoms with Gasteiger partial charge < -0.3 is 10.6 Å². The number of carbonyl (C=O) groups is 1. The minimum atomic E-state index is -0.107. The number of pyridine rings is 1. The lowest BCUT2D eigenvalue weighted by Gasteiger charge is -2.29. The molecule has 0 spiro atoms. The molecule has 2 N–H and O–H groups in total. The van der Waals surface area contributed by atoms with Crippen LogP contribution < -0.4 is 10.6 Å². The lowest BCUT2D eigenvalue weighted by molar-refractivity contribution is 0.0985. The van der Waals surface area contributed by atoms with E-state index < -0.39 is 0 Å². The fraction of sp³-hybridized carbons (Fsp3) is 0.294. The number of hydrogen-bond acceptors (Lipinski definition) is 3. The maximum absolute atomic E-state index is 12.7. The van der Waals surface area contributed by atoms with Gasteiger partial charge in [0, 0.05) is 23.2 Å². The molecule has 0 aliphatic carbocycles. The third-order valence-electron chi connectivity index (χ3n) is 3.89. The number of nitrogens with zero attached hydrogens (tertiary/aromatic N) is 2. The van der Waals surface area contributed by atoms with Gasteiger partial charge in [-0.3, -0.25) is 9.78 Å². The molecule has 0 saturated heterocycles. The van der Waals surface area contributed by atoms with Crippen molar-refractivity contribution in [2.75, 3.05) is 11.4 Å². The Balaban J connectivity index is 1.96. The van der Waals surface area contributed by atoms with Crippen LogP contribution in [0.1, 0.15) is 41.0 Å². The molecule has 114 valence electrons. The molecule has 0 bridgehead atoms. The summed E-state index contributed by atoms with van der Waals surface area (Å²) in [5, 5.41) is 0.563. The molecule has 1 aromatic heterocycles. The van der Waals surface area contributed by atoms with E-state index in [4.69, 9.17) is 17.3 Å². The van der Waals surface area contributed by atoms with Gasteiger partial charge in [-0.25, -0.2) is 0 Å². The van der Waals surface area contributed by atoms with Crippen molar-refractivity contribution in [1.82, 2.24) is 4.98 Å². The number of anilines is 1. The number of aryl methyl sites for hydroxylation is 1.